The van der Waals surface area contributed by atoms with Crippen molar-refractivity contribution in [2.24, 2.45) is 0 Å². The molecule has 0 aliphatic carbocycles. The number of piperidine rings is 2. The Hall–Kier alpha value is -3.69. The Morgan fingerprint density at radius 1 is 0.700 bits per heavy atom. The van der Waals surface area contributed by atoms with Crippen LogP contribution in [0.3, 0.4) is 0 Å². The van der Waals surface area contributed by atoms with E-state index in [-0.39, 0.29) is 30.0 Å². The number of nitrogens with one attached hydrogen (secondary N) is 2. The van der Waals surface area contributed by atoms with E-state index in [0.717, 1.165) is 74.4 Å². The molecule has 208 valence electrons. The van der Waals surface area contributed by atoms with Crippen molar-refractivity contribution in [3.63, 3.8) is 0 Å². The Balaban J connectivity index is 1.19. The average molecular weight is 539 g/mol. The second-order valence-corrected chi connectivity index (χ2v) is 11.1. The summed E-state index contributed by atoms with van der Waals surface area (Å²) in [6.45, 7) is 5.87. The zero-order chi connectivity index (χ0) is 27.5. The normalized spacial score (nSPS) is 22.1. The summed E-state index contributed by atoms with van der Waals surface area (Å²) in [6.07, 6.45) is 6.30. The third-order valence-electron chi connectivity index (χ3n) is 8.61. The van der Waals surface area contributed by atoms with Gasteiger partial charge in [-0.25, -0.2) is 9.97 Å². The maximum Gasteiger partial charge on any atom is 0.181 e. The highest BCUT2D eigenvalue weighted by molar-refractivity contribution is 5.88. The molecule has 9 heteroatoms. The summed E-state index contributed by atoms with van der Waals surface area (Å²) in [4.78, 5) is 28.5. The number of ketones is 1. The van der Waals surface area contributed by atoms with Crippen LogP contribution in [0.25, 0.3) is 22.8 Å². The molecular weight excluding hydrogens is 500 g/mol. The second kappa shape index (κ2) is 11.8. The van der Waals surface area contributed by atoms with Gasteiger partial charge in [-0.05, 0) is 52.6 Å². The Morgan fingerprint density at radius 3 is 1.55 bits per heavy atom. The van der Waals surface area contributed by atoms with Crippen LogP contribution >= 0.6 is 0 Å². The van der Waals surface area contributed by atoms with Crippen LogP contribution in [0.1, 0.15) is 76.1 Å². The summed E-state index contributed by atoms with van der Waals surface area (Å²) in [5, 5.41) is 15.4. The van der Waals surface area contributed by atoms with Crippen LogP contribution in [0.4, 0.5) is 0 Å². The molecule has 2 aliphatic heterocycles. The van der Waals surface area contributed by atoms with Gasteiger partial charge in [0.25, 0.3) is 0 Å². The summed E-state index contributed by atoms with van der Waals surface area (Å²) in [6, 6.07) is 19.7. The van der Waals surface area contributed by atoms with Gasteiger partial charge in [-0.2, -0.15) is 10.2 Å². The zero-order valence-corrected chi connectivity index (χ0v) is 23.3. The number of H-pyrrole nitrogens is 2. The van der Waals surface area contributed by atoms with E-state index in [0.29, 0.717) is 11.6 Å². The van der Waals surface area contributed by atoms with Gasteiger partial charge < -0.3 is 0 Å². The van der Waals surface area contributed by atoms with Crippen molar-refractivity contribution in [3.8, 4) is 22.8 Å². The first-order valence-corrected chi connectivity index (χ1v) is 14.6. The van der Waals surface area contributed by atoms with E-state index in [1.54, 1.807) is 0 Å². The highest BCUT2D eigenvalue weighted by Crippen LogP contribution is 2.35. The fourth-order valence-corrected chi connectivity index (χ4v) is 6.38. The number of benzene rings is 2. The highest BCUT2D eigenvalue weighted by Gasteiger charge is 2.39. The number of Topliss-reactive ketones (excluding diaryl/α,β-unsaturated/α-hetero) is 1. The first-order valence-electron chi connectivity index (χ1n) is 14.6. The fourth-order valence-electron chi connectivity index (χ4n) is 6.38. The van der Waals surface area contributed by atoms with Crippen molar-refractivity contribution in [1.82, 2.24) is 40.2 Å². The lowest BCUT2D eigenvalue weighted by molar-refractivity contribution is -0.132. The van der Waals surface area contributed by atoms with Crippen LogP contribution in [0.5, 0.6) is 0 Å². The Morgan fingerprint density at radius 2 is 1.12 bits per heavy atom. The molecule has 4 aromatic rings. The SMILES string of the molecule is CC(C(=O)C(C)N1CCCCC1c1nc(-c2ccccc2)n[nH]1)N1CCCCC1c1nc(-c2ccccc2)n[nH]1. The maximum absolute atomic E-state index is 14.1. The van der Waals surface area contributed by atoms with Crippen molar-refractivity contribution < 1.29 is 4.79 Å². The van der Waals surface area contributed by atoms with Crippen molar-refractivity contribution in [3.05, 3.63) is 72.3 Å². The van der Waals surface area contributed by atoms with Crippen molar-refractivity contribution in [2.45, 2.75) is 76.5 Å². The average Bonchev–Trinajstić information content (AvgIpc) is 3.72. The quantitative estimate of drug-likeness (QED) is 0.311. The molecular formula is C31H38N8O. The highest BCUT2D eigenvalue weighted by atomic mass is 16.1. The lowest BCUT2D eigenvalue weighted by Gasteiger charge is -2.42. The minimum Gasteiger partial charge on any atom is -0.296 e. The van der Waals surface area contributed by atoms with Crippen LogP contribution in [-0.4, -0.2) is 71.1 Å². The number of aromatic nitrogens is 6. The van der Waals surface area contributed by atoms with Gasteiger partial charge in [0.15, 0.2) is 17.4 Å². The van der Waals surface area contributed by atoms with Gasteiger partial charge in [0, 0.05) is 11.1 Å². The molecule has 0 radical (unpaired) electrons. The Bertz CT molecular complexity index is 1300. The van der Waals surface area contributed by atoms with Gasteiger partial charge >= 0.3 is 0 Å². The van der Waals surface area contributed by atoms with E-state index in [1.165, 1.54) is 0 Å². The Kier molecular flexibility index (Phi) is 7.84. The van der Waals surface area contributed by atoms with Gasteiger partial charge in [-0.1, -0.05) is 73.5 Å². The molecule has 40 heavy (non-hydrogen) atoms. The smallest absolute Gasteiger partial charge is 0.181 e. The topological polar surface area (TPSA) is 107 Å². The number of likely N-dealkylation sites (tertiary alicyclic amines) is 2. The van der Waals surface area contributed by atoms with Gasteiger partial charge in [0.05, 0.1) is 24.2 Å². The molecule has 0 saturated carbocycles. The molecule has 9 nitrogen and oxygen atoms in total. The molecule has 2 N–H and O–H groups in total. The van der Waals surface area contributed by atoms with Gasteiger partial charge in [-0.3, -0.25) is 24.8 Å². The van der Waals surface area contributed by atoms with Crippen LogP contribution < -0.4 is 0 Å². The number of aromatic amines is 2. The molecule has 0 bridgehead atoms. The minimum atomic E-state index is -0.234. The van der Waals surface area contributed by atoms with E-state index in [4.69, 9.17) is 9.97 Å². The molecule has 2 saturated heterocycles. The largest absolute Gasteiger partial charge is 0.296 e. The van der Waals surface area contributed by atoms with Crippen LogP contribution in [-0.2, 0) is 4.79 Å². The summed E-state index contributed by atoms with van der Waals surface area (Å²) < 4.78 is 0. The number of carbonyl (C=O) groups is 1. The molecule has 4 atom stereocenters. The molecule has 2 aromatic heterocycles. The second-order valence-electron chi connectivity index (χ2n) is 11.1. The van der Waals surface area contributed by atoms with Crippen molar-refractivity contribution >= 4 is 5.78 Å². The first kappa shape index (κ1) is 26.5. The number of nitrogens with zero attached hydrogens (tertiary/aromatic N) is 6. The summed E-state index contributed by atoms with van der Waals surface area (Å²) in [5.41, 5.74) is 1.98. The lowest BCUT2D eigenvalue weighted by Crippen LogP contribution is -2.52. The first-order chi connectivity index (χ1) is 19.6. The van der Waals surface area contributed by atoms with Crippen LogP contribution in [0.15, 0.2) is 60.7 Å². The summed E-state index contributed by atoms with van der Waals surface area (Å²) >= 11 is 0. The summed E-state index contributed by atoms with van der Waals surface area (Å²) in [7, 11) is 0. The molecule has 4 unspecified atom stereocenters. The third-order valence-corrected chi connectivity index (χ3v) is 8.61. The molecule has 0 amide bonds. The molecule has 2 aromatic carbocycles. The van der Waals surface area contributed by atoms with Gasteiger partial charge in [0.1, 0.15) is 11.6 Å². The third kappa shape index (κ3) is 5.36. The van der Waals surface area contributed by atoms with E-state index in [2.05, 4.69) is 44.0 Å². The van der Waals surface area contributed by atoms with Crippen molar-refractivity contribution in [2.75, 3.05) is 13.1 Å². The molecule has 2 aliphatic rings. The number of rotatable bonds is 8. The minimum absolute atomic E-state index is 0.0460. The Labute approximate surface area is 235 Å². The monoisotopic (exact) mass is 538 g/mol. The maximum atomic E-state index is 14.1. The zero-order valence-electron chi connectivity index (χ0n) is 23.3. The van der Waals surface area contributed by atoms with Crippen molar-refractivity contribution in [1.29, 1.82) is 0 Å². The standard InChI is InChI=1S/C31H38N8O/c1-21(38-19-11-9-17-25(38)30-32-28(34-36-30)23-13-5-3-6-14-23)27(40)22(2)39-20-12-10-18-26(39)31-33-29(35-37-31)24-15-7-4-8-16-24/h3-8,13-16,21-22,25-26H,9-12,17-20H2,1-2H3,(H,32,34,36)(H,33,35,37). The van der Waals surface area contributed by atoms with E-state index >= 15 is 0 Å². The lowest BCUT2D eigenvalue weighted by atomic mass is 9.93. The van der Waals surface area contributed by atoms with Crippen LogP contribution in [0, 0.1) is 0 Å². The molecule has 6 rings (SSSR count). The number of hydrogen-bond donors (Lipinski definition) is 2. The molecule has 4 heterocycles. The fraction of sp³-hybridized carbons (Fsp3) is 0.452. The predicted octanol–water partition coefficient (Wildman–Crippen LogP) is 5.36. The van der Waals surface area contributed by atoms with E-state index in [9.17, 15) is 4.79 Å². The predicted molar refractivity (Wildman–Crippen MR) is 154 cm³/mol. The van der Waals surface area contributed by atoms with Gasteiger partial charge in [-0.15, -0.1) is 0 Å². The van der Waals surface area contributed by atoms with Gasteiger partial charge in [0.2, 0.25) is 0 Å². The number of hydrogen-bond acceptors (Lipinski definition) is 7. The molecule has 0 spiro atoms. The van der Waals surface area contributed by atoms with E-state index < -0.39 is 0 Å². The summed E-state index contributed by atoms with van der Waals surface area (Å²) in [5.74, 6) is 3.33. The van der Waals surface area contributed by atoms with E-state index in [1.807, 2.05) is 60.7 Å². The molecule has 2 fully saturated rings. The van der Waals surface area contributed by atoms with Crippen LogP contribution in [0.2, 0.25) is 0 Å². The number of carbonyl (C=O) groups excluding carboxylic acids is 1.